The summed E-state index contributed by atoms with van der Waals surface area (Å²) in [7, 11) is -2.62. The second-order valence-electron chi connectivity index (χ2n) is 12.3. The lowest BCUT2D eigenvalue weighted by atomic mass is 10.0. The monoisotopic (exact) mass is 598 g/mol. The minimum atomic E-state index is -4.77. The molecule has 1 N–H and O–H groups in total. The summed E-state index contributed by atoms with van der Waals surface area (Å²) in [5.41, 5.74) is 1.11. The van der Waals surface area contributed by atoms with E-state index in [9.17, 15) is 22.8 Å². The van der Waals surface area contributed by atoms with Crippen LogP contribution in [0.3, 0.4) is 0 Å². The molecule has 0 radical (unpaired) electrons. The van der Waals surface area contributed by atoms with Crippen LogP contribution in [-0.4, -0.2) is 48.1 Å². The van der Waals surface area contributed by atoms with E-state index in [2.05, 4.69) is 56.7 Å². The van der Waals surface area contributed by atoms with Crippen molar-refractivity contribution in [3.05, 3.63) is 41.6 Å². The molecule has 9 nitrogen and oxygen atoms in total. The first-order chi connectivity index (χ1) is 18.8. The van der Waals surface area contributed by atoms with Crippen molar-refractivity contribution in [1.29, 1.82) is 0 Å². The Kier molecular flexibility index (Phi) is 9.53. The van der Waals surface area contributed by atoms with Gasteiger partial charge in [-0.05, 0) is 55.1 Å². The standard InChI is InChI=1S/C28H41F3N4O5Si/c1-17(2)41(18(3)4,19(5)6)40-35-24-21(14-23(25(35)36)32-26(37)39-27(7,8)9)16-34(33-24)15-20-10-12-22(13-11-20)38-28(29,30)31/h10-13,16-19,23H,14-15H2,1-9H3,(H,32,37)/t23-/m0/s1. The van der Waals surface area contributed by atoms with Gasteiger partial charge in [-0.15, -0.1) is 13.2 Å². The summed E-state index contributed by atoms with van der Waals surface area (Å²) in [6, 6.07) is 4.57. The number of carbonyl (C=O) groups is 2. The molecule has 1 aliphatic rings. The SMILES string of the molecule is CC(C)[Si](ON1C(=O)[C@@H](NC(=O)OC(C)(C)C)Cc2cn(Cc3ccc(OC(F)(F)F)cc3)nc21)(C(C)C)C(C)C. The molecule has 0 unspecified atom stereocenters. The van der Waals surface area contributed by atoms with Crippen molar-refractivity contribution in [3.63, 3.8) is 0 Å². The molecular formula is C28H41F3N4O5Si. The van der Waals surface area contributed by atoms with Gasteiger partial charge in [0.2, 0.25) is 8.32 Å². The van der Waals surface area contributed by atoms with Gasteiger partial charge in [0.1, 0.15) is 17.4 Å². The molecule has 0 fully saturated rings. The maximum atomic E-state index is 13.9. The maximum Gasteiger partial charge on any atom is 0.573 e. The fraction of sp³-hybridized carbons (Fsp3) is 0.607. The number of halogens is 3. The van der Waals surface area contributed by atoms with E-state index in [1.165, 1.54) is 29.3 Å². The Morgan fingerprint density at radius 2 is 1.61 bits per heavy atom. The molecule has 0 bridgehead atoms. The summed E-state index contributed by atoms with van der Waals surface area (Å²) in [6.07, 6.45) is -3.56. The Labute approximate surface area is 240 Å². The molecule has 3 rings (SSSR count). The molecule has 2 aromatic rings. The zero-order valence-electron chi connectivity index (χ0n) is 25.1. The second kappa shape index (κ2) is 12.0. The molecule has 13 heteroatoms. The van der Waals surface area contributed by atoms with Crippen LogP contribution < -0.4 is 15.1 Å². The first-order valence-corrected chi connectivity index (χ1v) is 15.9. The number of hydroxylamine groups is 1. The Morgan fingerprint density at radius 1 is 1.05 bits per heavy atom. The van der Waals surface area contributed by atoms with Gasteiger partial charge in [0.05, 0.1) is 6.54 Å². The van der Waals surface area contributed by atoms with Crippen molar-refractivity contribution in [2.24, 2.45) is 0 Å². The molecule has 1 aromatic carbocycles. The molecule has 1 aliphatic heterocycles. The van der Waals surface area contributed by atoms with E-state index >= 15 is 0 Å². The van der Waals surface area contributed by atoms with Gasteiger partial charge in [-0.3, -0.25) is 9.48 Å². The molecule has 1 atom stereocenters. The van der Waals surface area contributed by atoms with Gasteiger partial charge in [-0.2, -0.15) is 10.2 Å². The van der Waals surface area contributed by atoms with Gasteiger partial charge < -0.3 is 19.3 Å². The summed E-state index contributed by atoms with van der Waals surface area (Å²) in [6.45, 7) is 18.0. The molecule has 2 heterocycles. The van der Waals surface area contributed by atoms with E-state index in [1.807, 2.05) is 0 Å². The summed E-state index contributed by atoms with van der Waals surface area (Å²) in [5.74, 6) is -0.422. The van der Waals surface area contributed by atoms with Gasteiger partial charge in [-0.25, -0.2) is 4.79 Å². The van der Waals surface area contributed by atoms with E-state index in [4.69, 9.17) is 9.26 Å². The molecule has 41 heavy (non-hydrogen) atoms. The number of hydrogen-bond donors (Lipinski definition) is 1. The van der Waals surface area contributed by atoms with Crippen molar-refractivity contribution >= 4 is 26.1 Å². The quantitative estimate of drug-likeness (QED) is 0.322. The largest absolute Gasteiger partial charge is 0.573 e. The lowest BCUT2D eigenvalue weighted by molar-refractivity contribution is -0.274. The van der Waals surface area contributed by atoms with Gasteiger partial charge in [0.25, 0.3) is 5.91 Å². The Balaban J connectivity index is 1.97. The third-order valence-corrected chi connectivity index (χ3v) is 13.0. The lowest BCUT2D eigenvalue weighted by Crippen LogP contribution is -2.59. The number of amides is 2. The average Bonchev–Trinajstić information content (AvgIpc) is 3.19. The van der Waals surface area contributed by atoms with Crippen molar-refractivity contribution in [2.75, 3.05) is 5.06 Å². The van der Waals surface area contributed by atoms with E-state index in [1.54, 1.807) is 31.6 Å². The van der Waals surface area contributed by atoms with E-state index < -0.39 is 38.3 Å². The summed E-state index contributed by atoms with van der Waals surface area (Å²) >= 11 is 0. The van der Waals surface area contributed by atoms with Crippen molar-refractivity contribution < 1.29 is 36.8 Å². The zero-order valence-corrected chi connectivity index (χ0v) is 26.1. The topological polar surface area (TPSA) is 94.9 Å². The highest BCUT2D eigenvalue weighted by Gasteiger charge is 2.51. The van der Waals surface area contributed by atoms with Gasteiger partial charge in [-0.1, -0.05) is 53.7 Å². The summed E-state index contributed by atoms with van der Waals surface area (Å²) < 4.78 is 55.3. The number of nitrogens with zero attached hydrogens (tertiary/aromatic N) is 3. The second-order valence-corrected chi connectivity index (χ2v) is 17.7. The Morgan fingerprint density at radius 3 is 2.10 bits per heavy atom. The normalized spacial score (nSPS) is 16.4. The first-order valence-electron chi connectivity index (χ1n) is 13.8. The molecule has 0 saturated carbocycles. The number of nitrogens with one attached hydrogen (secondary N) is 1. The van der Waals surface area contributed by atoms with E-state index in [0.717, 1.165) is 0 Å². The molecule has 2 amide bonds. The van der Waals surface area contributed by atoms with Crippen molar-refractivity contribution in [2.45, 2.75) is 110 Å². The minimum absolute atomic E-state index is 0.164. The molecular weight excluding hydrogens is 557 g/mol. The third kappa shape index (κ3) is 7.82. The number of alkyl halides is 3. The van der Waals surface area contributed by atoms with Gasteiger partial charge >= 0.3 is 12.5 Å². The van der Waals surface area contributed by atoms with Crippen LogP contribution >= 0.6 is 0 Å². The molecule has 0 aliphatic carbocycles. The number of ether oxygens (including phenoxy) is 2. The highest BCUT2D eigenvalue weighted by atomic mass is 28.4. The summed E-state index contributed by atoms with van der Waals surface area (Å²) in [5, 5.41) is 8.61. The fourth-order valence-electron chi connectivity index (χ4n) is 5.51. The molecule has 0 saturated heterocycles. The van der Waals surface area contributed by atoms with Crippen LogP contribution in [0.1, 0.15) is 73.4 Å². The highest BCUT2D eigenvalue weighted by Crippen LogP contribution is 2.44. The number of benzene rings is 1. The Bertz CT molecular complexity index is 1200. The predicted molar refractivity (Wildman–Crippen MR) is 151 cm³/mol. The van der Waals surface area contributed by atoms with Crippen LogP contribution in [0.2, 0.25) is 16.6 Å². The summed E-state index contributed by atoms with van der Waals surface area (Å²) in [4.78, 5) is 26.5. The number of carbonyl (C=O) groups excluding carboxylic acids is 2. The van der Waals surface area contributed by atoms with Gasteiger partial charge in [0.15, 0.2) is 5.82 Å². The molecule has 228 valence electrons. The highest BCUT2D eigenvalue weighted by molar-refractivity contribution is 6.77. The number of fused-ring (bicyclic) bond motifs is 1. The van der Waals surface area contributed by atoms with E-state index in [0.29, 0.717) is 16.9 Å². The number of alkyl carbamates (subject to hydrolysis) is 1. The number of anilines is 1. The first kappa shape index (κ1) is 32.5. The third-order valence-electron chi connectivity index (χ3n) is 7.08. The van der Waals surface area contributed by atoms with Crippen molar-refractivity contribution in [3.8, 4) is 5.75 Å². The van der Waals surface area contributed by atoms with Crippen LogP contribution in [0.5, 0.6) is 5.75 Å². The van der Waals surface area contributed by atoms with E-state index in [-0.39, 0.29) is 35.3 Å². The zero-order chi connectivity index (χ0) is 30.9. The minimum Gasteiger partial charge on any atom is -0.444 e. The molecule has 0 spiro atoms. The van der Waals surface area contributed by atoms with Crippen LogP contribution in [0.15, 0.2) is 30.5 Å². The Hall–Kier alpha value is -3.06. The van der Waals surface area contributed by atoms with Gasteiger partial charge in [0, 0.05) is 18.2 Å². The van der Waals surface area contributed by atoms with Crippen molar-refractivity contribution in [1.82, 2.24) is 15.1 Å². The van der Waals surface area contributed by atoms with Crippen LogP contribution in [-0.2, 0) is 27.0 Å². The number of aromatic nitrogens is 2. The lowest BCUT2D eigenvalue weighted by Gasteiger charge is -2.45. The van der Waals surface area contributed by atoms with Crippen LogP contribution in [0, 0.1) is 0 Å². The van der Waals surface area contributed by atoms with Crippen LogP contribution in [0.4, 0.5) is 23.8 Å². The van der Waals surface area contributed by atoms with Crippen LogP contribution in [0.25, 0.3) is 0 Å². The number of rotatable bonds is 9. The maximum absolute atomic E-state index is 13.9. The molecule has 1 aromatic heterocycles. The number of hydrogen-bond acceptors (Lipinski definition) is 6. The smallest absolute Gasteiger partial charge is 0.444 e. The fourth-order valence-corrected chi connectivity index (χ4v) is 10.6. The predicted octanol–water partition coefficient (Wildman–Crippen LogP) is 6.72. The average molecular weight is 599 g/mol.